The monoisotopic (exact) mass is 617 g/mol. The van der Waals surface area contributed by atoms with Crippen LogP contribution in [0.2, 0.25) is 0 Å². The van der Waals surface area contributed by atoms with Crippen LogP contribution < -0.4 is 10.6 Å². The fourth-order valence-electron chi connectivity index (χ4n) is 5.27. The van der Waals surface area contributed by atoms with Gasteiger partial charge in [-0.05, 0) is 87.2 Å². The Balaban J connectivity index is 1.81. The molecule has 0 aliphatic rings. The predicted octanol–water partition coefficient (Wildman–Crippen LogP) is 7.65. The van der Waals surface area contributed by atoms with E-state index in [1.165, 1.54) is 0 Å². The highest BCUT2D eigenvalue weighted by Gasteiger charge is 2.43. The summed E-state index contributed by atoms with van der Waals surface area (Å²) in [5, 5.41) is 7.91. The average Bonchev–Trinajstić information content (AvgIpc) is 3.02. The zero-order valence-electron chi connectivity index (χ0n) is 27.5. The summed E-state index contributed by atoms with van der Waals surface area (Å²) in [5.41, 5.74) is 1.11. The number of terminal acetylenes is 1. The molecule has 2 unspecified atom stereocenters. The summed E-state index contributed by atoms with van der Waals surface area (Å²) in [7, 11) is 0. The van der Waals surface area contributed by atoms with E-state index in [0.29, 0.717) is 23.2 Å². The van der Waals surface area contributed by atoms with Gasteiger partial charge >= 0.3 is 6.09 Å². The Labute approximate surface area is 272 Å². The van der Waals surface area contributed by atoms with Crippen molar-refractivity contribution >= 4 is 34.4 Å². The maximum Gasteiger partial charge on any atom is 0.408 e. The van der Waals surface area contributed by atoms with Crippen LogP contribution in [0.25, 0.3) is 10.8 Å². The van der Waals surface area contributed by atoms with Crippen molar-refractivity contribution in [3.63, 3.8) is 0 Å². The minimum atomic E-state index is -1.06. The van der Waals surface area contributed by atoms with Gasteiger partial charge in [0.25, 0.3) is 5.91 Å². The van der Waals surface area contributed by atoms with E-state index in [1.807, 2.05) is 93.6 Å². The molecule has 7 heteroatoms. The van der Waals surface area contributed by atoms with Crippen molar-refractivity contribution in [3.05, 3.63) is 114 Å². The number of alkyl carbamates (subject to hydrolysis) is 1. The van der Waals surface area contributed by atoms with Crippen molar-refractivity contribution in [1.29, 1.82) is 0 Å². The molecule has 0 saturated heterocycles. The van der Waals surface area contributed by atoms with Crippen LogP contribution in [0.5, 0.6) is 0 Å². The zero-order valence-corrected chi connectivity index (χ0v) is 27.5. The lowest BCUT2D eigenvalue weighted by atomic mass is 9.91. The van der Waals surface area contributed by atoms with Gasteiger partial charge in [-0.1, -0.05) is 85.6 Å². The molecule has 4 aromatic rings. The molecule has 2 atom stereocenters. The van der Waals surface area contributed by atoms with Gasteiger partial charge < -0.3 is 20.3 Å². The van der Waals surface area contributed by atoms with E-state index in [0.717, 1.165) is 16.3 Å². The first-order valence-electron chi connectivity index (χ1n) is 15.5. The van der Waals surface area contributed by atoms with E-state index >= 15 is 0 Å². The summed E-state index contributed by atoms with van der Waals surface area (Å²) in [5.74, 6) is 1.81. The predicted molar refractivity (Wildman–Crippen MR) is 184 cm³/mol. The number of anilines is 1. The molecule has 0 fully saturated rings. The Kier molecular flexibility index (Phi) is 10.5. The number of carbonyl (C=O) groups is 3. The molecule has 46 heavy (non-hydrogen) atoms. The van der Waals surface area contributed by atoms with Crippen LogP contribution in [0.3, 0.4) is 0 Å². The number of benzene rings is 4. The number of fused-ring (bicyclic) bond motifs is 1. The van der Waals surface area contributed by atoms with Gasteiger partial charge in [0, 0.05) is 23.2 Å². The lowest BCUT2D eigenvalue weighted by Crippen LogP contribution is -2.59. The number of hydrogen-bond donors (Lipinski definition) is 2. The Morgan fingerprint density at radius 1 is 0.848 bits per heavy atom. The van der Waals surface area contributed by atoms with Crippen LogP contribution in [0.15, 0.2) is 97.1 Å². The normalized spacial score (nSPS) is 12.8. The van der Waals surface area contributed by atoms with Crippen LogP contribution in [0.4, 0.5) is 10.5 Å². The lowest BCUT2D eigenvalue weighted by molar-refractivity contribution is -0.147. The standard InChI is InChI=1S/C39H43N3O4/c1-8-27-19-21-30(22-20-27)34(35(43)40-32-24-23-29-17-13-14-18-31(29)26-32)42(39(6,7)9-2)36(44)33(25-28-15-11-10-12-16-28)41-37(45)46-38(3,4)5/h1,10-24,26,33-34H,9,25H2,2-7H3,(H,40,43)(H,41,45). The molecule has 4 rings (SSSR count). The van der Waals surface area contributed by atoms with Gasteiger partial charge in [0.2, 0.25) is 5.91 Å². The maximum absolute atomic E-state index is 14.9. The molecule has 0 spiro atoms. The number of carbonyl (C=O) groups excluding carboxylic acids is 3. The number of hydrogen-bond acceptors (Lipinski definition) is 4. The third kappa shape index (κ3) is 8.54. The summed E-state index contributed by atoms with van der Waals surface area (Å²) < 4.78 is 5.56. The second-order valence-corrected chi connectivity index (χ2v) is 13.0. The Hall–Kier alpha value is -5.09. The van der Waals surface area contributed by atoms with E-state index in [9.17, 15) is 14.4 Å². The number of ether oxygens (including phenoxy) is 1. The third-order valence-electron chi connectivity index (χ3n) is 7.94. The number of nitrogens with one attached hydrogen (secondary N) is 2. The topological polar surface area (TPSA) is 87.7 Å². The molecule has 238 valence electrons. The minimum absolute atomic E-state index is 0.199. The van der Waals surface area contributed by atoms with Crippen LogP contribution in [-0.4, -0.2) is 40.0 Å². The Morgan fingerprint density at radius 2 is 1.48 bits per heavy atom. The second kappa shape index (κ2) is 14.3. The smallest absolute Gasteiger partial charge is 0.408 e. The fourth-order valence-corrected chi connectivity index (χ4v) is 5.27. The fraction of sp³-hybridized carbons (Fsp3) is 0.308. The molecule has 0 aliphatic carbocycles. The first kappa shape index (κ1) is 33.8. The highest BCUT2D eigenvalue weighted by molar-refractivity contribution is 6.00. The summed E-state index contributed by atoms with van der Waals surface area (Å²) in [6.07, 6.45) is 5.66. The van der Waals surface area contributed by atoms with E-state index in [2.05, 4.69) is 16.6 Å². The van der Waals surface area contributed by atoms with Crippen LogP contribution in [0.1, 0.15) is 70.7 Å². The average molecular weight is 618 g/mol. The maximum atomic E-state index is 14.9. The van der Waals surface area contributed by atoms with Crippen LogP contribution in [-0.2, 0) is 20.7 Å². The van der Waals surface area contributed by atoms with E-state index < -0.39 is 41.1 Å². The van der Waals surface area contributed by atoms with Crippen molar-refractivity contribution in [2.45, 2.75) is 77.6 Å². The summed E-state index contributed by atoms with van der Waals surface area (Å²) in [4.78, 5) is 44.0. The molecule has 0 saturated carbocycles. The van der Waals surface area contributed by atoms with Crippen LogP contribution in [0, 0.1) is 12.3 Å². The van der Waals surface area contributed by atoms with Gasteiger partial charge in [0.1, 0.15) is 17.7 Å². The van der Waals surface area contributed by atoms with Crippen molar-refractivity contribution < 1.29 is 19.1 Å². The second-order valence-electron chi connectivity index (χ2n) is 13.0. The first-order valence-corrected chi connectivity index (χ1v) is 15.5. The van der Waals surface area contributed by atoms with Crippen molar-refractivity contribution in [1.82, 2.24) is 10.2 Å². The number of rotatable bonds is 10. The van der Waals surface area contributed by atoms with Gasteiger partial charge in [-0.25, -0.2) is 4.79 Å². The van der Waals surface area contributed by atoms with Gasteiger partial charge in [-0.3, -0.25) is 9.59 Å². The summed E-state index contributed by atoms with van der Waals surface area (Å²) in [6.45, 7) is 11.1. The molecule has 0 aliphatic heterocycles. The highest BCUT2D eigenvalue weighted by Crippen LogP contribution is 2.34. The van der Waals surface area contributed by atoms with Gasteiger partial charge in [0.05, 0.1) is 0 Å². The largest absolute Gasteiger partial charge is 0.444 e. The highest BCUT2D eigenvalue weighted by atomic mass is 16.6. The molecule has 2 N–H and O–H groups in total. The van der Waals surface area contributed by atoms with Crippen molar-refractivity contribution in [3.8, 4) is 12.3 Å². The summed E-state index contributed by atoms with van der Waals surface area (Å²) >= 11 is 0. The number of nitrogens with zero attached hydrogens (tertiary/aromatic N) is 1. The molecule has 0 bridgehead atoms. The molecule has 0 radical (unpaired) electrons. The first-order chi connectivity index (χ1) is 21.8. The van der Waals surface area contributed by atoms with E-state index in [-0.39, 0.29) is 6.42 Å². The zero-order chi connectivity index (χ0) is 33.5. The lowest BCUT2D eigenvalue weighted by Gasteiger charge is -2.44. The molecular weight excluding hydrogens is 574 g/mol. The summed E-state index contributed by atoms with van der Waals surface area (Å²) in [6, 6.07) is 28.0. The third-order valence-corrected chi connectivity index (χ3v) is 7.94. The molecule has 4 aromatic carbocycles. The minimum Gasteiger partial charge on any atom is -0.444 e. The van der Waals surface area contributed by atoms with Gasteiger partial charge in [0.15, 0.2) is 0 Å². The molecule has 7 nitrogen and oxygen atoms in total. The molecule has 0 aromatic heterocycles. The van der Waals surface area contributed by atoms with Gasteiger partial charge in [-0.2, -0.15) is 0 Å². The Bertz CT molecular complexity index is 1720. The quantitative estimate of drug-likeness (QED) is 0.179. The Morgan fingerprint density at radius 3 is 2.09 bits per heavy atom. The van der Waals surface area contributed by atoms with Crippen molar-refractivity contribution in [2.75, 3.05) is 5.32 Å². The molecular formula is C39H43N3O4. The number of amides is 3. The van der Waals surface area contributed by atoms with Gasteiger partial charge in [-0.15, -0.1) is 6.42 Å². The SMILES string of the molecule is C#Cc1ccc(C(C(=O)Nc2ccc3ccccc3c2)N(C(=O)C(Cc2ccccc2)NC(=O)OC(C)(C)C)C(C)(C)CC)cc1. The van der Waals surface area contributed by atoms with E-state index in [1.54, 1.807) is 49.9 Å². The van der Waals surface area contributed by atoms with E-state index in [4.69, 9.17) is 11.2 Å². The van der Waals surface area contributed by atoms with Crippen molar-refractivity contribution in [2.24, 2.45) is 0 Å². The molecule has 0 heterocycles. The molecule has 3 amide bonds. The van der Waals surface area contributed by atoms with Crippen LogP contribution >= 0.6 is 0 Å².